The molecule has 1 N–H and O–H groups in total. The van der Waals surface area contributed by atoms with Crippen LogP contribution in [0.25, 0.3) is 6.08 Å². The predicted octanol–water partition coefficient (Wildman–Crippen LogP) is 2.42. The van der Waals surface area contributed by atoms with Crippen molar-refractivity contribution in [3.05, 3.63) is 41.5 Å². The third kappa shape index (κ3) is 1.95. The van der Waals surface area contributed by atoms with Crippen LogP contribution < -0.4 is 0 Å². The van der Waals surface area contributed by atoms with Crippen molar-refractivity contribution in [3.8, 4) is 0 Å². The standard InChI is InChI=1S/C10H10O2/c1-2-3-8-4-6-9(7-5-8)10(11)12/h2-7H,1H3,(H,11,12). The molecule has 0 aromatic heterocycles. The smallest absolute Gasteiger partial charge is 0.335 e. The molecule has 12 heavy (non-hydrogen) atoms. The van der Waals surface area contributed by atoms with Gasteiger partial charge in [-0.25, -0.2) is 4.79 Å². The molecule has 2 heteroatoms. The van der Waals surface area contributed by atoms with Crippen LogP contribution in [0.1, 0.15) is 22.8 Å². The lowest BCUT2D eigenvalue weighted by atomic mass is 10.1. The van der Waals surface area contributed by atoms with E-state index in [9.17, 15) is 4.79 Å². The van der Waals surface area contributed by atoms with Crippen molar-refractivity contribution in [3.63, 3.8) is 0 Å². The first kappa shape index (κ1) is 8.53. The molecule has 0 aliphatic carbocycles. The Morgan fingerprint density at radius 2 is 1.92 bits per heavy atom. The van der Waals surface area contributed by atoms with Gasteiger partial charge in [-0.1, -0.05) is 24.3 Å². The molecule has 1 rings (SSSR count). The summed E-state index contributed by atoms with van der Waals surface area (Å²) in [7, 11) is 0. The normalized spacial score (nSPS) is 10.4. The Kier molecular flexibility index (Phi) is 2.64. The molecule has 1 aromatic rings. The van der Waals surface area contributed by atoms with Crippen molar-refractivity contribution < 1.29 is 9.90 Å². The largest absolute Gasteiger partial charge is 0.478 e. The molecule has 0 heterocycles. The zero-order valence-electron chi connectivity index (χ0n) is 6.82. The second-order valence-electron chi connectivity index (χ2n) is 2.43. The predicted molar refractivity (Wildman–Crippen MR) is 48.1 cm³/mol. The maximum absolute atomic E-state index is 10.5. The quantitative estimate of drug-likeness (QED) is 0.725. The summed E-state index contributed by atoms with van der Waals surface area (Å²) in [6.45, 7) is 1.92. The highest BCUT2D eigenvalue weighted by Gasteiger charge is 1.99. The van der Waals surface area contributed by atoms with E-state index in [0.717, 1.165) is 5.56 Å². The second-order valence-corrected chi connectivity index (χ2v) is 2.43. The van der Waals surface area contributed by atoms with E-state index in [4.69, 9.17) is 5.11 Å². The maximum Gasteiger partial charge on any atom is 0.335 e. The van der Waals surface area contributed by atoms with E-state index in [2.05, 4.69) is 0 Å². The molecule has 0 amide bonds. The molecule has 62 valence electrons. The Morgan fingerprint density at radius 3 is 2.33 bits per heavy atom. The van der Waals surface area contributed by atoms with E-state index < -0.39 is 5.97 Å². The van der Waals surface area contributed by atoms with Crippen molar-refractivity contribution in [2.45, 2.75) is 6.92 Å². The lowest BCUT2D eigenvalue weighted by molar-refractivity contribution is 0.0697. The van der Waals surface area contributed by atoms with Gasteiger partial charge in [0, 0.05) is 0 Å². The molecular formula is C10H10O2. The van der Waals surface area contributed by atoms with E-state index in [0.29, 0.717) is 5.56 Å². The van der Waals surface area contributed by atoms with Crippen LogP contribution in [0.3, 0.4) is 0 Å². The number of hydrogen-bond donors (Lipinski definition) is 1. The SMILES string of the molecule is CC=Cc1ccc(C(=O)O)cc1. The summed E-state index contributed by atoms with van der Waals surface area (Å²) in [5.41, 5.74) is 1.34. The molecule has 0 saturated carbocycles. The van der Waals surface area contributed by atoms with E-state index in [-0.39, 0.29) is 0 Å². The molecule has 0 aliphatic rings. The van der Waals surface area contributed by atoms with Crippen LogP contribution in [0.15, 0.2) is 30.3 Å². The van der Waals surface area contributed by atoms with Gasteiger partial charge < -0.3 is 5.11 Å². The van der Waals surface area contributed by atoms with Crippen molar-refractivity contribution >= 4 is 12.0 Å². The van der Waals surface area contributed by atoms with Gasteiger partial charge in [-0.05, 0) is 24.6 Å². The fourth-order valence-corrected chi connectivity index (χ4v) is 0.929. The molecule has 1 aromatic carbocycles. The van der Waals surface area contributed by atoms with Crippen LogP contribution >= 0.6 is 0 Å². The van der Waals surface area contributed by atoms with Crippen LogP contribution in [-0.4, -0.2) is 11.1 Å². The zero-order valence-corrected chi connectivity index (χ0v) is 6.82. The first-order chi connectivity index (χ1) is 5.74. The van der Waals surface area contributed by atoms with Gasteiger partial charge in [0.15, 0.2) is 0 Å². The number of rotatable bonds is 2. The molecule has 0 saturated heterocycles. The lowest BCUT2D eigenvalue weighted by Gasteiger charge is -1.94. The molecular weight excluding hydrogens is 152 g/mol. The fourth-order valence-electron chi connectivity index (χ4n) is 0.929. The number of carboxylic acids is 1. The zero-order chi connectivity index (χ0) is 8.97. The topological polar surface area (TPSA) is 37.3 Å². The highest BCUT2D eigenvalue weighted by atomic mass is 16.4. The minimum Gasteiger partial charge on any atom is -0.478 e. The third-order valence-corrected chi connectivity index (χ3v) is 1.52. The third-order valence-electron chi connectivity index (χ3n) is 1.52. The van der Waals surface area contributed by atoms with Crippen molar-refractivity contribution in [2.24, 2.45) is 0 Å². The van der Waals surface area contributed by atoms with Gasteiger partial charge in [0.25, 0.3) is 0 Å². The Morgan fingerprint density at radius 1 is 1.33 bits per heavy atom. The summed E-state index contributed by atoms with van der Waals surface area (Å²) >= 11 is 0. The highest BCUT2D eigenvalue weighted by Crippen LogP contribution is 2.05. The summed E-state index contributed by atoms with van der Waals surface area (Å²) in [4.78, 5) is 10.5. The van der Waals surface area contributed by atoms with Crippen molar-refractivity contribution in [1.29, 1.82) is 0 Å². The Hall–Kier alpha value is -1.57. The number of allylic oxidation sites excluding steroid dienone is 1. The highest BCUT2D eigenvalue weighted by molar-refractivity contribution is 5.87. The summed E-state index contributed by atoms with van der Waals surface area (Å²) in [6.07, 6.45) is 3.83. The molecule has 0 fully saturated rings. The maximum atomic E-state index is 10.5. The van der Waals surface area contributed by atoms with Crippen molar-refractivity contribution in [2.75, 3.05) is 0 Å². The Bertz CT molecular complexity index is 296. The summed E-state index contributed by atoms with van der Waals surface area (Å²) in [6, 6.07) is 6.75. The molecule has 2 nitrogen and oxygen atoms in total. The van der Waals surface area contributed by atoms with Gasteiger partial charge in [-0.3, -0.25) is 0 Å². The summed E-state index contributed by atoms with van der Waals surface area (Å²) in [5, 5.41) is 8.59. The minimum atomic E-state index is -0.887. The van der Waals surface area contributed by atoms with Crippen LogP contribution in [0.2, 0.25) is 0 Å². The first-order valence-corrected chi connectivity index (χ1v) is 3.70. The molecule has 0 aliphatic heterocycles. The van der Waals surface area contributed by atoms with Gasteiger partial charge in [-0.15, -0.1) is 0 Å². The molecule has 0 radical (unpaired) electrons. The Labute approximate surface area is 71.2 Å². The van der Waals surface area contributed by atoms with E-state index in [1.807, 2.05) is 19.1 Å². The van der Waals surface area contributed by atoms with E-state index in [1.165, 1.54) is 0 Å². The van der Waals surface area contributed by atoms with Crippen molar-refractivity contribution in [1.82, 2.24) is 0 Å². The average Bonchev–Trinajstić information content (AvgIpc) is 2.06. The minimum absolute atomic E-state index is 0.322. The number of aromatic carboxylic acids is 1. The van der Waals surface area contributed by atoms with Gasteiger partial charge in [-0.2, -0.15) is 0 Å². The summed E-state index contributed by atoms with van der Waals surface area (Å²) in [5.74, 6) is -0.887. The van der Waals surface area contributed by atoms with Gasteiger partial charge >= 0.3 is 5.97 Å². The number of benzene rings is 1. The van der Waals surface area contributed by atoms with Crippen LogP contribution in [-0.2, 0) is 0 Å². The molecule has 0 bridgehead atoms. The number of hydrogen-bond acceptors (Lipinski definition) is 1. The number of carboxylic acid groups (broad SMARTS) is 1. The lowest BCUT2D eigenvalue weighted by Crippen LogP contribution is -1.94. The van der Waals surface area contributed by atoms with Gasteiger partial charge in [0.05, 0.1) is 5.56 Å². The Balaban J connectivity index is 2.93. The number of carbonyl (C=O) groups is 1. The second kappa shape index (κ2) is 3.72. The van der Waals surface area contributed by atoms with Crippen LogP contribution in [0, 0.1) is 0 Å². The van der Waals surface area contributed by atoms with Crippen LogP contribution in [0.5, 0.6) is 0 Å². The molecule has 0 atom stereocenters. The summed E-state index contributed by atoms with van der Waals surface area (Å²) < 4.78 is 0. The van der Waals surface area contributed by atoms with E-state index >= 15 is 0 Å². The molecule has 0 spiro atoms. The first-order valence-electron chi connectivity index (χ1n) is 3.70. The van der Waals surface area contributed by atoms with Gasteiger partial charge in [0.1, 0.15) is 0 Å². The fraction of sp³-hybridized carbons (Fsp3) is 0.100. The monoisotopic (exact) mass is 162 g/mol. The molecule has 0 unspecified atom stereocenters. The van der Waals surface area contributed by atoms with Gasteiger partial charge in [0.2, 0.25) is 0 Å². The average molecular weight is 162 g/mol. The van der Waals surface area contributed by atoms with E-state index in [1.54, 1.807) is 24.3 Å². The van der Waals surface area contributed by atoms with Crippen LogP contribution in [0.4, 0.5) is 0 Å².